The van der Waals surface area contributed by atoms with Gasteiger partial charge in [0.15, 0.2) is 6.61 Å². The highest BCUT2D eigenvalue weighted by Crippen LogP contribution is 2.22. The van der Waals surface area contributed by atoms with Crippen molar-refractivity contribution in [2.75, 3.05) is 6.61 Å². The van der Waals surface area contributed by atoms with Gasteiger partial charge >= 0.3 is 5.97 Å². The number of benzene rings is 2. The molecule has 1 atom stereocenters. The lowest BCUT2D eigenvalue weighted by Gasteiger charge is -2.15. The summed E-state index contributed by atoms with van der Waals surface area (Å²) in [6, 6.07) is 13.8. The van der Waals surface area contributed by atoms with Gasteiger partial charge in [0.1, 0.15) is 0 Å². The van der Waals surface area contributed by atoms with E-state index in [0.29, 0.717) is 10.6 Å². The number of halogens is 2. The molecule has 0 fully saturated rings. The van der Waals surface area contributed by atoms with Gasteiger partial charge in [-0.25, -0.2) is 4.79 Å². The predicted molar refractivity (Wildman–Crippen MR) is 92.4 cm³/mol. The van der Waals surface area contributed by atoms with Crippen LogP contribution in [0.25, 0.3) is 0 Å². The molecule has 0 aliphatic carbocycles. The van der Waals surface area contributed by atoms with Gasteiger partial charge in [0.2, 0.25) is 0 Å². The summed E-state index contributed by atoms with van der Waals surface area (Å²) >= 11 is 9.36. The highest BCUT2D eigenvalue weighted by molar-refractivity contribution is 9.10. The van der Waals surface area contributed by atoms with Crippen molar-refractivity contribution in [1.82, 2.24) is 5.32 Å². The standard InChI is InChI=1S/C17H15BrClNO3/c1-11(14-7-2-3-8-15(14)19)20-16(21)10-23-17(22)12-5-4-6-13(18)9-12/h2-9,11H,10H2,1H3,(H,20,21)/t11-/m1/s1. The van der Waals surface area contributed by atoms with Gasteiger partial charge in [0, 0.05) is 9.50 Å². The second-order valence-corrected chi connectivity index (χ2v) is 6.22. The van der Waals surface area contributed by atoms with Crippen molar-refractivity contribution in [3.05, 3.63) is 69.2 Å². The largest absolute Gasteiger partial charge is 0.452 e. The fourth-order valence-corrected chi connectivity index (χ4v) is 2.72. The van der Waals surface area contributed by atoms with E-state index in [2.05, 4.69) is 21.2 Å². The molecule has 0 heterocycles. The minimum atomic E-state index is -0.549. The molecule has 1 N–H and O–H groups in total. The average Bonchev–Trinajstić information content (AvgIpc) is 2.53. The highest BCUT2D eigenvalue weighted by atomic mass is 79.9. The number of rotatable bonds is 5. The van der Waals surface area contributed by atoms with Crippen LogP contribution in [0.2, 0.25) is 5.02 Å². The number of carbonyl (C=O) groups excluding carboxylic acids is 2. The zero-order valence-electron chi connectivity index (χ0n) is 12.4. The Morgan fingerprint density at radius 1 is 1.22 bits per heavy atom. The lowest BCUT2D eigenvalue weighted by Crippen LogP contribution is -2.31. The zero-order chi connectivity index (χ0) is 16.8. The maximum Gasteiger partial charge on any atom is 0.338 e. The smallest absolute Gasteiger partial charge is 0.338 e. The van der Waals surface area contributed by atoms with E-state index < -0.39 is 5.97 Å². The summed E-state index contributed by atoms with van der Waals surface area (Å²) in [5.74, 6) is -0.937. The van der Waals surface area contributed by atoms with E-state index in [1.165, 1.54) is 0 Å². The Kier molecular flexibility index (Phi) is 6.19. The first-order valence-corrected chi connectivity index (χ1v) is 8.11. The molecule has 4 nitrogen and oxygen atoms in total. The first kappa shape index (κ1) is 17.5. The van der Waals surface area contributed by atoms with Crippen LogP contribution < -0.4 is 5.32 Å². The minimum Gasteiger partial charge on any atom is -0.452 e. The van der Waals surface area contributed by atoms with Crippen LogP contribution in [0.1, 0.15) is 28.9 Å². The number of amides is 1. The summed E-state index contributed by atoms with van der Waals surface area (Å²) < 4.78 is 5.77. The SMILES string of the molecule is C[C@@H](NC(=O)COC(=O)c1cccc(Br)c1)c1ccccc1Cl. The van der Waals surface area contributed by atoms with Gasteiger partial charge in [-0.15, -0.1) is 0 Å². The number of ether oxygens (including phenoxy) is 1. The van der Waals surface area contributed by atoms with Gasteiger partial charge in [-0.3, -0.25) is 4.79 Å². The molecule has 2 rings (SSSR count). The van der Waals surface area contributed by atoms with Gasteiger partial charge < -0.3 is 10.1 Å². The van der Waals surface area contributed by atoms with Crippen molar-refractivity contribution in [2.45, 2.75) is 13.0 Å². The number of hydrogen-bond acceptors (Lipinski definition) is 3. The topological polar surface area (TPSA) is 55.4 Å². The molecule has 2 aromatic rings. The minimum absolute atomic E-state index is 0.277. The van der Waals surface area contributed by atoms with Crippen molar-refractivity contribution >= 4 is 39.4 Å². The van der Waals surface area contributed by atoms with E-state index in [0.717, 1.165) is 10.0 Å². The Morgan fingerprint density at radius 2 is 1.96 bits per heavy atom. The average molecular weight is 397 g/mol. The molecule has 120 valence electrons. The molecule has 0 unspecified atom stereocenters. The van der Waals surface area contributed by atoms with Crippen molar-refractivity contribution in [3.8, 4) is 0 Å². The molecule has 0 aliphatic rings. The van der Waals surface area contributed by atoms with Gasteiger partial charge in [0.25, 0.3) is 5.91 Å². The molecule has 0 aromatic heterocycles. The van der Waals surface area contributed by atoms with Crippen LogP contribution >= 0.6 is 27.5 Å². The lowest BCUT2D eigenvalue weighted by atomic mass is 10.1. The summed E-state index contributed by atoms with van der Waals surface area (Å²) in [6.45, 7) is 1.47. The van der Waals surface area contributed by atoms with Crippen LogP contribution in [-0.2, 0) is 9.53 Å². The molecule has 6 heteroatoms. The Balaban J connectivity index is 1.88. The molecular weight excluding hydrogens is 382 g/mol. The Morgan fingerprint density at radius 3 is 2.65 bits per heavy atom. The molecular formula is C17H15BrClNO3. The normalized spacial score (nSPS) is 11.6. The third-order valence-corrected chi connectivity index (χ3v) is 3.98. The van der Waals surface area contributed by atoms with Crippen LogP contribution in [0.5, 0.6) is 0 Å². The second kappa shape index (κ2) is 8.13. The first-order chi connectivity index (χ1) is 11.0. The maximum absolute atomic E-state index is 11.9. The van der Waals surface area contributed by atoms with Gasteiger partial charge in [-0.05, 0) is 36.8 Å². The third-order valence-electron chi connectivity index (χ3n) is 3.14. The summed E-state index contributed by atoms with van der Waals surface area (Å²) in [4.78, 5) is 23.8. The Hall–Kier alpha value is -1.85. The van der Waals surface area contributed by atoms with Crippen LogP contribution in [-0.4, -0.2) is 18.5 Å². The summed E-state index contributed by atoms with van der Waals surface area (Å²) in [5.41, 5.74) is 1.19. The predicted octanol–water partition coefficient (Wildman–Crippen LogP) is 4.14. The van der Waals surface area contributed by atoms with Crippen LogP contribution in [0, 0.1) is 0 Å². The first-order valence-electron chi connectivity index (χ1n) is 6.94. The zero-order valence-corrected chi connectivity index (χ0v) is 14.7. The Bertz CT molecular complexity index is 720. The molecule has 0 aliphatic heterocycles. The molecule has 0 bridgehead atoms. The quantitative estimate of drug-likeness (QED) is 0.773. The van der Waals surface area contributed by atoms with E-state index in [9.17, 15) is 9.59 Å². The fourth-order valence-electron chi connectivity index (χ4n) is 2.02. The molecule has 1 amide bonds. The van der Waals surface area contributed by atoms with E-state index in [1.807, 2.05) is 25.1 Å². The van der Waals surface area contributed by atoms with Gasteiger partial charge in [-0.2, -0.15) is 0 Å². The number of hydrogen-bond donors (Lipinski definition) is 1. The molecule has 0 spiro atoms. The number of esters is 1. The molecule has 23 heavy (non-hydrogen) atoms. The van der Waals surface area contributed by atoms with Crippen molar-refractivity contribution in [2.24, 2.45) is 0 Å². The fraction of sp³-hybridized carbons (Fsp3) is 0.176. The van der Waals surface area contributed by atoms with Crippen LogP contribution in [0.4, 0.5) is 0 Å². The third kappa shape index (κ3) is 5.08. The van der Waals surface area contributed by atoms with Gasteiger partial charge in [-0.1, -0.05) is 51.8 Å². The second-order valence-electron chi connectivity index (χ2n) is 4.90. The molecule has 0 saturated heterocycles. The van der Waals surface area contributed by atoms with E-state index in [4.69, 9.17) is 16.3 Å². The number of carbonyl (C=O) groups is 2. The summed E-state index contributed by atoms with van der Waals surface area (Å²) in [5, 5.41) is 3.32. The molecule has 0 radical (unpaired) electrons. The maximum atomic E-state index is 11.9. The van der Waals surface area contributed by atoms with Crippen molar-refractivity contribution in [1.29, 1.82) is 0 Å². The summed E-state index contributed by atoms with van der Waals surface area (Å²) in [6.07, 6.45) is 0. The number of nitrogens with one attached hydrogen (secondary N) is 1. The lowest BCUT2D eigenvalue weighted by molar-refractivity contribution is -0.124. The van der Waals surface area contributed by atoms with Crippen LogP contribution in [0.3, 0.4) is 0 Å². The van der Waals surface area contributed by atoms with E-state index in [-0.39, 0.29) is 18.6 Å². The Labute approximate surface area is 147 Å². The molecule has 0 saturated carbocycles. The van der Waals surface area contributed by atoms with Gasteiger partial charge in [0.05, 0.1) is 11.6 Å². The van der Waals surface area contributed by atoms with E-state index >= 15 is 0 Å². The summed E-state index contributed by atoms with van der Waals surface area (Å²) in [7, 11) is 0. The molecule has 2 aromatic carbocycles. The van der Waals surface area contributed by atoms with E-state index in [1.54, 1.807) is 30.3 Å². The monoisotopic (exact) mass is 395 g/mol. The highest BCUT2D eigenvalue weighted by Gasteiger charge is 2.14. The van der Waals surface area contributed by atoms with Crippen LogP contribution in [0.15, 0.2) is 53.0 Å². The van der Waals surface area contributed by atoms with Crippen molar-refractivity contribution in [3.63, 3.8) is 0 Å². The van der Waals surface area contributed by atoms with Crippen molar-refractivity contribution < 1.29 is 14.3 Å².